The average Bonchev–Trinajstić information content (AvgIpc) is 2.36. The highest BCUT2D eigenvalue weighted by Gasteiger charge is 2.20. The second-order valence-corrected chi connectivity index (χ2v) is 6.22. The quantitative estimate of drug-likeness (QED) is 0.811. The van der Waals surface area contributed by atoms with E-state index in [-0.39, 0.29) is 5.92 Å². The predicted molar refractivity (Wildman–Crippen MR) is 82.4 cm³/mol. The standard InChI is InChI=1S/C16H21O3P/c1-11-5-7-15(13(3)9-11)18-20(17)19-16-8-6-12(2)10-14(16)4/h5-9,14,17H,10H2,1-4H3. The van der Waals surface area contributed by atoms with Crippen molar-refractivity contribution in [3.05, 3.63) is 52.8 Å². The number of aryl methyl sites for hydroxylation is 2. The molecule has 1 aliphatic carbocycles. The molecule has 1 aromatic rings. The molecule has 1 N–H and O–H groups in total. The van der Waals surface area contributed by atoms with Crippen LogP contribution in [0.2, 0.25) is 0 Å². The smallest absolute Gasteiger partial charge is 0.422 e. The Kier molecular flexibility index (Phi) is 4.85. The molecule has 0 amide bonds. The summed E-state index contributed by atoms with van der Waals surface area (Å²) in [6, 6.07) is 5.84. The van der Waals surface area contributed by atoms with Gasteiger partial charge in [-0.05, 0) is 44.9 Å². The van der Waals surface area contributed by atoms with E-state index in [1.807, 2.05) is 44.2 Å². The first-order valence-corrected chi connectivity index (χ1v) is 7.88. The lowest BCUT2D eigenvalue weighted by Gasteiger charge is -2.22. The highest BCUT2D eigenvalue weighted by atomic mass is 31.2. The Balaban J connectivity index is 2.00. The lowest BCUT2D eigenvalue weighted by atomic mass is 9.95. The summed E-state index contributed by atoms with van der Waals surface area (Å²) in [7, 11) is -1.94. The largest absolute Gasteiger partial charge is 0.459 e. The molecule has 0 heterocycles. The molecule has 0 saturated heterocycles. The molecule has 2 atom stereocenters. The van der Waals surface area contributed by atoms with E-state index < -0.39 is 8.60 Å². The molecule has 0 aliphatic heterocycles. The highest BCUT2D eigenvalue weighted by molar-refractivity contribution is 7.41. The van der Waals surface area contributed by atoms with Gasteiger partial charge in [0.1, 0.15) is 11.5 Å². The molecule has 0 fully saturated rings. The van der Waals surface area contributed by atoms with Crippen LogP contribution in [0.3, 0.4) is 0 Å². The first-order chi connectivity index (χ1) is 9.45. The van der Waals surface area contributed by atoms with Crippen molar-refractivity contribution in [1.82, 2.24) is 0 Å². The first kappa shape index (κ1) is 15.1. The van der Waals surface area contributed by atoms with Crippen molar-refractivity contribution >= 4 is 8.60 Å². The molecule has 1 aromatic carbocycles. The van der Waals surface area contributed by atoms with E-state index in [1.54, 1.807) is 0 Å². The fraction of sp³-hybridized carbons (Fsp3) is 0.375. The van der Waals surface area contributed by atoms with Crippen molar-refractivity contribution in [2.45, 2.75) is 34.1 Å². The number of hydrogen-bond donors (Lipinski definition) is 1. The van der Waals surface area contributed by atoms with Crippen molar-refractivity contribution in [3.63, 3.8) is 0 Å². The van der Waals surface area contributed by atoms with Crippen molar-refractivity contribution in [1.29, 1.82) is 0 Å². The van der Waals surface area contributed by atoms with Crippen LogP contribution >= 0.6 is 8.60 Å². The van der Waals surface area contributed by atoms with Crippen LogP contribution in [0.5, 0.6) is 5.75 Å². The molecule has 0 spiro atoms. The fourth-order valence-corrected chi connectivity index (χ4v) is 3.09. The van der Waals surface area contributed by atoms with Gasteiger partial charge in [-0.25, -0.2) is 0 Å². The van der Waals surface area contributed by atoms with Crippen molar-refractivity contribution in [2.24, 2.45) is 5.92 Å². The first-order valence-electron chi connectivity index (χ1n) is 6.75. The van der Waals surface area contributed by atoms with Gasteiger partial charge in [0.05, 0.1) is 0 Å². The topological polar surface area (TPSA) is 38.7 Å². The fourth-order valence-electron chi connectivity index (χ4n) is 2.26. The maximum Gasteiger partial charge on any atom is 0.459 e. The lowest BCUT2D eigenvalue weighted by Crippen LogP contribution is -2.07. The van der Waals surface area contributed by atoms with Crippen LogP contribution in [0, 0.1) is 19.8 Å². The van der Waals surface area contributed by atoms with Gasteiger partial charge in [0.2, 0.25) is 0 Å². The third-order valence-corrected chi connectivity index (χ3v) is 4.06. The molecule has 108 valence electrons. The Morgan fingerprint density at radius 3 is 2.55 bits per heavy atom. The Bertz CT molecular complexity index is 549. The van der Waals surface area contributed by atoms with Gasteiger partial charge >= 0.3 is 8.60 Å². The zero-order valence-corrected chi connectivity index (χ0v) is 13.3. The van der Waals surface area contributed by atoms with Gasteiger partial charge < -0.3 is 13.9 Å². The Hall–Kier alpha value is -1.31. The summed E-state index contributed by atoms with van der Waals surface area (Å²) in [6.45, 7) is 8.17. The molecule has 2 rings (SSSR count). The average molecular weight is 292 g/mol. The minimum atomic E-state index is -1.94. The lowest BCUT2D eigenvalue weighted by molar-refractivity contribution is 0.290. The van der Waals surface area contributed by atoms with Gasteiger partial charge in [0.25, 0.3) is 0 Å². The molecule has 0 aromatic heterocycles. The molecule has 4 heteroatoms. The Morgan fingerprint density at radius 1 is 1.15 bits per heavy atom. The van der Waals surface area contributed by atoms with Crippen molar-refractivity contribution in [2.75, 3.05) is 0 Å². The zero-order chi connectivity index (χ0) is 14.7. The van der Waals surface area contributed by atoms with Gasteiger partial charge in [0.15, 0.2) is 0 Å². The number of benzene rings is 1. The second-order valence-electron chi connectivity index (χ2n) is 5.38. The molecule has 2 unspecified atom stereocenters. The molecule has 0 radical (unpaired) electrons. The number of hydrogen-bond acceptors (Lipinski definition) is 3. The SMILES string of the molecule is CC1=CC=C(OP(O)Oc2ccc(C)cc2C)C(C)C1. The molecule has 3 nitrogen and oxygen atoms in total. The molecule has 0 saturated carbocycles. The molecular formula is C16H21O3P. The van der Waals surface area contributed by atoms with Crippen LogP contribution < -0.4 is 4.52 Å². The van der Waals surface area contributed by atoms with Crippen LogP contribution in [-0.4, -0.2) is 4.89 Å². The Morgan fingerprint density at radius 2 is 1.90 bits per heavy atom. The normalized spacial score (nSPS) is 19.9. The molecular weight excluding hydrogens is 271 g/mol. The van der Waals surface area contributed by atoms with E-state index in [9.17, 15) is 4.89 Å². The van der Waals surface area contributed by atoms with Crippen LogP contribution in [0.1, 0.15) is 31.4 Å². The predicted octanol–water partition coefficient (Wildman–Crippen LogP) is 4.79. The van der Waals surface area contributed by atoms with Gasteiger partial charge in [0, 0.05) is 5.92 Å². The summed E-state index contributed by atoms with van der Waals surface area (Å²) >= 11 is 0. The summed E-state index contributed by atoms with van der Waals surface area (Å²) in [6.07, 6.45) is 4.90. The maximum atomic E-state index is 9.99. The van der Waals surface area contributed by atoms with Crippen LogP contribution in [0.4, 0.5) is 0 Å². The van der Waals surface area contributed by atoms with E-state index in [2.05, 4.69) is 13.8 Å². The molecule has 1 aliphatic rings. The summed E-state index contributed by atoms with van der Waals surface area (Å²) in [4.78, 5) is 9.99. The van der Waals surface area contributed by atoms with Crippen LogP contribution in [0.15, 0.2) is 41.7 Å². The summed E-state index contributed by atoms with van der Waals surface area (Å²) in [5, 5.41) is 0. The summed E-state index contributed by atoms with van der Waals surface area (Å²) in [5.74, 6) is 1.73. The molecule has 0 bridgehead atoms. The monoisotopic (exact) mass is 292 g/mol. The van der Waals surface area contributed by atoms with Crippen molar-refractivity contribution < 1.29 is 13.9 Å². The van der Waals surface area contributed by atoms with Gasteiger partial charge in [-0.3, -0.25) is 0 Å². The van der Waals surface area contributed by atoms with Gasteiger partial charge in [-0.2, -0.15) is 0 Å². The third-order valence-electron chi connectivity index (χ3n) is 3.34. The minimum Gasteiger partial charge on any atom is -0.422 e. The van der Waals surface area contributed by atoms with E-state index in [1.165, 1.54) is 11.1 Å². The number of rotatable bonds is 4. The van der Waals surface area contributed by atoms with Gasteiger partial charge in [-0.15, -0.1) is 0 Å². The Labute approximate surface area is 121 Å². The zero-order valence-electron chi connectivity index (χ0n) is 12.4. The maximum absolute atomic E-state index is 9.99. The summed E-state index contributed by atoms with van der Waals surface area (Å²) < 4.78 is 11.1. The van der Waals surface area contributed by atoms with Gasteiger partial charge in [-0.1, -0.05) is 36.3 Å². The van der Waals surface area contributed by atoms with E-state index >= 15 is 0 Å². The minimum absolute atomic E-state index is 0.278. The van der Waals surface area contributed by atoms with E-state index in [0.29, 0.717) is 5.75 Å². The second kappa shape index (κ2) is 6.43. The molecule has 20 heavy (non-hydrogen) atoms. The highest BCUT2D eigenvalue weighted by Crippen LogP contribution is 2.41. The third kappa shape index (κ3) is 3.84. The van der Waals surface area contributed by atoms with E-state index in [4.69, 9.17) is 9.05 Å². The van der Waals surface area contributed by atoms with E-state index in [0.717, 1.165) is 17.7 Å². The van der Waals surface area contributed by atoms with Crippen molar-refractivity contribution in [3.8, 4) is 5.75 Å². The summed E-state index contributed by atoms with van der Waals surface area (Å²) in [5.41, 5.74) is 3.49. The number of allylic oxidation sites excluding steroid dienone is 4. The van der Waals surface area contributed by atoms with Crippen LogP contribution in [-0.2, 0) is 4.52 Å². The van der Waals surface area contributed by atoms with Crippen LogP contribution in [0.25, 0.3) is 0 Å².